The molecule has 1 aromatic rings. The number of nitro groups is 1. The molecule has 0 aromatic heterocycles. The van der Waals surface area contributed by atoms with Crippen molar-refractivity contribution < 1.29 is 18.1 Å². The maximum absolute atomic E-state index is 12.8. The Morgan fingerprint density at radius 3 is 2.61 bits per heavy atom. The molecule has 1 N–H and O–H groups in total. The second-order valence-corrected chi connectivity index (χ2v) is 7.46. The summed E-state index contributed by atoms with van der Waals surface area (Å²) in [6.07, 6.45) is 1.61. The van der Waals surface area contributed by atoms with Crippen LogP contribution in [-0.4, -0.2) is 50.5 Å². The highest BCUT2D eigenvalue weighted by Crippen LogP contribution is 2.31. The van der Waals surface area contributed by atoms with Crippen LogP contribution in [0.3, 0.4) is 0 Å². The van der Waals surface area contributed by atoms with Crippen molar-refractivity contribution in [2.75, 3.05) is 32.1 Å². The highest BCUT2D eigenvalue weighted by atomic mass is 32.2. The lowest BCUT2D eigenvalue weighted by atomic mass is 10.2. The van der Waals surface area contributed by atoms with E-state index in [-0.39, 0.29) is 16.6 Å². The number of non-ortho nitro benzene ring substituents is 1. The van der Waals surface area contributed by atoms with Gasteiger partial charge >= 0.3 is 0 Å². The quantitative estimate of drug-likeness (QED) is 0.598. The Labute approximate surface area is 135 Å². The van der Waals surface area contributed by atoms with E-state index in [0.717, 1.165) is 18.9 Å². The maximum atomic E-state index is 12.8. The second kappa shape index (κ2) is 7.24. The van der Waals surface area contributed by atoms with Gasteiger partial charge in [0.2, 0.25) is 10.0 Å². The second-order valence-electron chi connectivity index (χ2n) is 5.55. The van der Waals surface area contributed by atoms with Gasteiger partial charge in [-0.3, -0.25) is 10.1 Å². The summed E-state index contributed by atoms with van der Waals surface area (Å²) in [4.78, 5) is 10.3. The van der Waals surface area contributed by atoms with Crippen molar-refractivity contribution >= 4 is 21.4 Å². The number of anilines is 1. The molecule has 0 amide bonds. The van der Waals surface area contributed by atoms with Gasteiger partial charge in [0, 0.05) is 38.4 Å². The van der Waals surface area contributed by atoms with E-state index in [1.165, 1.54) is 16.4 Å². The number of hydrogen-bond acceptors (Lipinski definition) is 6. The highest BCUT2D eigenvalue weighted by molar-refractivity contribution is 7.89. The first-order valence-electron chi connectivity index (χ1n) is 7.40. The minimum absolute atomic E-state index is 0.0587. The molecule has 1 aliphatic heterocycles. The Balaban J connectivity index is 2.44. The number of ether oxygens (including phenoxy) is 1. The number of methoxy groups -OCH3 is 1. The first-order chi connectivity index (χ1) is 10.9. The molecule has 1 aromatic carbocycles. The van der Waals surface area contributed by atoms with Crippen LogP contribution >= 0.6 is 0 Å². The van der Waals surface area contributed by atoms with E-state index in [9.17, 15) is 18.5 Å². The molecule has 1 aliphatic rings. The zero-order valence-electron chi connectivity index (χ0n) is 13.2. The number of hydrogen-bond donors (Lipinski definition) is 1. The summed E-state index contributed by atoms with van der Waals surface area (Å²) in [7, 11) is -2.21. The Hall–Kier alpha value is -1.71. The fourth-order valence-electron chi connectivity index (χ4n) is 2.58. The average molecular weight is 343 g/mol. The van der Waals surface area contributed by atoms with E-state index in [0.29, 0.717) is 25.4 Å². The molecule has 0 radical (unpaired) electrons. The summed E-state index contributed by atoms with van der Waals surface area (Å²) in [5, 5.41) is 14.0. The molecule has 0 spiro atoms. The molecule has 23 heavy (non-hydrogen) atoms. The lowest BCUT2D eigenvalue weighted by Crippen LogP contribution is -2.30. The van der Waals surface area contributed by atoms with Crippen LogP contribution in [-0.2, 0) is 14.8 Å². The number of benzene rings is 1. The molecule has 1 fully saturated rings. The molecule has 1 unspecified atom stereocenters. The van der Waals surface area contributed by atoms with Crippen molar-refractivity contribution in [1.29, 1.82) is 0 Å². The third-order valence-corrected chi connectivity index (χ3v) is 5.62. The van der Waals surface area contributed by atoms with E-state index in [2.05, 4.69) is 5.32 Å². The van der Waals surface area contributed by atoms with E-state index >= 15 is 0 Å². The molecule has 1 saturated heterocycles. The van der Waals surface area contributed by atoms with Crippen LogP contribution in [0.4, 0.5) is 11.4 Å². The number of nitrogens with one attached hydrogen (secondary N) is 1. The average Bonchev–Trinajstić information content (AvgIpc) is 3.02. The van der Waals surface area contributed by atoms with Crippen LogP contribution < -0.4 is 5.32 Å². The fourth-order valence-corrected chi connectivity index (χ4v) is 4.27. The molecular weight excluding hydrogens is 322 g/mol. The zero-order valence-corrected chi connectivity index (χ0v) is 14.0. The third kappa shape index (κ3) is 3.98. The molecular formula is C14H21N3O5S. The van der Waals surface area contributed by atoms with Crippen molar-refractivity contribution in [2.45, 2.75) is 30.7 Å². The molecule has 9 heteroatoms. The Morgan fingerprint density at radius 2 is 2.04 bits per heavy atom. The summed E-state index contributed by atoms with van der Waals surface area (Å²) < 4.78 is 32.0. The summed E-state index contributed by atoms with van der Waals surface area (Å²) in [5.74, 6) is 0. The summed E-state index contributed by atoms with van der Waals surface area (Å²) in [6, 6.07) is 3.72. The van der Waals surface area contributed by atoms with Gasteiger partial charge in [-0.25, -0.2) is 8.42 Å². The Morgan fingerprint density at radius 1 is 1.39 bits per heavy atom. The predicted octanol–water partition coefficient (Wildman–Crippen LogP) is 1.83. The van der Waals surface area contributed by atoms with Gasteiger partial charge in [-0.15, -0.1) is 0 Å². The predicted molar refractivity (Wildman–Crippen MR) is 86.0 cm³/mol. The molecule has 1 heterocycles. The minimum Gasteiger partial charge on any atom is -0.383 e. The molecule has 0 aliphatic carbocycles. The van der Waals surface area contributed by atoms with Crippen molar-refractivity contribution in [3.05, 3.63) is 28.3 Å². The largest absolute Gasteiger partial charge is 0.383 e. The van der Waals surface area contributed by atoms with Crippen LogP contribution in [0.1, 0.15) is 19.8 Å². The van der Waals surface area contributed by atoms with Gasteiger partial charge in [0.1, 0.15) is 4.90 Å². The van der Waals surface area contributed by atoms with Gasteiger partial charge in [-0.2, -0.15) is 4.31 Å². The van der Waals surface area contributed by atoms with Crippen molar-refractivity contribution in [2.24, 2.45) is 0 Å². The normalized spacial score (nSPS) is 17.1. The van der Waals surface area contributed by atoms with Gasteiger partial charge in [-0.1, -0.05) is 0 Å². The fraction of sp³-hybridized carbons (Fsp3) is 0.571. The minimum atomic E-state index is -3.76. The molecule has 8 nitrogen and oxygen atoms in total. The van der Waals surface area contributed by atoms with Crippen LogP contribution in [0.25, 0.3) is 0 Å². The monoisotopic (exact) mass is 343 g/mol. The number of nitro benzene ring substituents is 1. The summed E-state index contributed by atoms with van der Waals surface area (Å²) in [6.45, 7) is 3.12. The zero-order chi connectivity index (χ0) is 17.0. The molecule has 2 rings (SSSR count). The molecule has 1 atom stereocenters. The van der Waals surface area contributed by atoms with E-state index in [1.807, 2.05) is 6.92 Å². The van der Waals surface area contributed by atoms with Gasteiger partial charge < -0.3 is 10.1 Å². The first-order valence-corrected chi connectivity index (χ1v) is 8.84. The lowest BCUT2D eigenvalue weighted by Gasteiger charge is -2.21. The summed E-state index contributed by atoms with van der Waals surface area (Å²) >= 11 is 0. The Kier molecular flexibility index (Phi) is 5.55. The van der Waals surface area contributed by atoms with Gasteiger partial charge in [0.15, 0.2) is 0 Å². The lowest BCUT2D eigenvalue weighted by molar-refractivity contribution is -0.385. The SMILES string of the molecule is COCC(C)Nc1ccc([N+](=O)[O-])cc1S(=O)(=O)N1CCCC1. The molecule has 0 bridgehead atoms. The van der Waals surface area contributed by atoms with Crippen LogP contribution in [0.5, 0.6) is 0 Å². The van der Waals surface area contributed by atoms with Crippen LogP contribution in [0, 0.1) is 10.1 Å². The van der Waals surface area contributed by atoms with Gasteiger partial charge in [0.05, 0.1) is 17.2 Å². The van der Waals surface area contributed by atoms with Crippen molar-refractivity contribution in [3.8, 4) is 0 Å². The number of rotatable bonds is 7. The van der Waals surface area contributed by atoms with Crippen LogP contribution in [0.2, 0.25) is 0 Å². The van der Waals surface area contributed by atoms with Crippen molar-refractivity contribution in [1.82, 2.24) is 4.31 Å². The standard InChI is InChI=1S/C14H21N3O5S/c1-11(10-22-2)15-13-6-5-12(17(18)19)9-14(13)23(20,21)16-7-3-4-8-16/h5-6,9,11,15H,3-4,7-8,10H2,1-2H3. The van der Waals surface area contributed by atoms with Gasteiger partial charge in [0.25, 0.3) is 5.69 Å². The van der Waals surface area contributed by atoms with E-state index < -0.39 is 14.9 Å². The van der Waals surface area contributed by atoms with Crippen LogP contribution in [0.15, 0.2) is 23.1 Å². The first kappa shape index (κ1) is 17.6. The van der Waals surface area contributed by atoms with E-state index in [1.54, 1.807) is 7.11 Å². The summed E-state index contributed by atoms with van der Waals surface area (Å²) in [5.41, 5.74) is 0.111. The third-order valence-electron chi connectivity index (χ3n) is 3.68. The maximum Gasteiger partial charge on any atom is 0.270 e. The van der Waals surface area contributed by atoms with E-state index in [4.69, 9.17) is 4.74 Å². The van der Waals surface area contributed by atoms with Crippen molar-refractivity contribution in [3.63, 3.8) is 0 Å². The highest BCUT2D eigenvalue weighted by Gasteiger charge is 2.31. The topological polar surface area (TPSA) is 102 Å². The number of sulfonamides is 1. The Bertz CT molecular complexity index is 671. The molecule has 0 saturated carbocycles. The molecule has 128 valence electrons. The number of nitrogens with zero attached hydrogens (tertiary/aromatic N) is 2. The smallest absolute Gasteiger partial charge is 0.270 e. The van der Waals surface area contributed by atoms with Gasteiger partial charge in [-0.05, 0) is 25.8 Å².